The zero-order valence-corrected chi connectivity index (χ0v) is 5.24. The Kier molecular flexibility index (Phi) is 4.98. The fourth-order valence-electron chi connectivity index (χ4n) is 0.454. The summed E-state index contributed by atoms with van der Waals surface area (Å²) < 4.78 is 46.7. The fourth-order valence-corrected chi connectivity index (χ4v) is 0.454. The van der Waals surface area contributed by atoms with Crippen molar-refractivity contribution in [2.24, 2.45) is 0 Å². The van der Waals surface area contributed by atoms with Gasteiger partial charge in [-0.1, -0.05) is 0 Å². The van der Waals surface area contributed by atoms with Crippen molar-refractivity contribution in [3.63, 3.8) is 0 Å². The highest BCUT2D eigenvalue weighted by atomic mass is 19.2. The standard InChI is InChI=1S/C6H8F4/c7-3-1-5(9)6(10)2-4-8/h1,3,5-6H,2,4H2. The van der Waals surface area contributed by atoms with E-state index in [9.17, 15) is 17.6 Å². The van der Waals surface area contributed by atoms with Crippen molar-refractivity contribution in [3.05, 3.63) is 12.4 Å². The molecule has 0 amide bonds. The van der Waals surface area contributed by atoms with Gasteiger partial charge in [0.15, 0.2) is 6.17 Å². The summed E-state index contributed by atoms with van der Waals surface area (Å²) in [6, 6.07) is 0. The smallest absolute Gasteiger partial charge is 0.152 e. The van der Waals surface area contributed by atoms with E-state index in [1.165, 1.54) is 0 Å². The van der Waals surface area contributed by atoms with Gasteiger partial charge in [0.05, 0.1) is 13.0 Å². The zero-order valence-electron chi connectivity index (χ0n) is 5.24. The zero-order chi connectivity index (χ0) is 7.98. The van der Waals surface area contributed by atoms with Crippen molar-refractivity contribution in [1.82, 2.24) is 0 Å². The SMILES string of the molecule is FC=CC(F)C(F)CCF. The molecular weight excluding hydrogens is 148 g/mol. The molecule has 0 radical (unpaired) electrons. The minimum atomic E-state index is -2.03. The minimum Gasteiger partial charge on any atom is -0.251 e. The van der Waals surface area contributed by atoms with Crippen molar-refractivity contribution < 1.29 is 17.6 Å². The average Bonchev–Trinajstić information content (AvgIpc) is 1.89. The van der Waals surface area contributed by atoms with E-state index in [1.807, 2.05) is 0 Å². The van der Waals surface area contributed by atoms with Crippen LogP contribution in [0.25, 0.3) is 0 Å². The number of hydrogen-bond acceptors (Lipinski definition) is 0. The summed E-state index contributed by atoms with van der Waals surface area (Å²) in [5.41, 5.74) is 0. The van der Waals surface area contributed by atoms with Gasteiger partial charge in [0.25, 0.3) is 0 Å². The molecule has 0 nitrogen and oxygen atoms in total. The lowest BCUT2D eigenvalue weighted by Gasteiger charge is -2.05. The molecule has 0 rings (SSSR count). The van der Waals surface area contributed by atoms with Gasteiger partial charge >= 0.3 is 0 Å². The van der Waals surface area contributed by atoms with Crippen molar-refractivity contribution >= 4 is 0 Å². The van der Waals surface area contributed by atoms with Crippen LogP contribution in [0.5, 0.6) is 0 Å². The Labute approximate surface area is 56.5 Å². The highest BCUT2D eigenvalue weighted by molar-refractivity contribution is 4.87. The molecule has 0 fully saturated rings. The summed E-state index contributed by atoms with van der Waals surface area (Å²) in [7, 11) is 0. The molecule has 0 aliphatic rings. The first-order valence-electron chi connectivity index (χ1n) is 2.83. The van der Waals surface area contributed by atoms with E-state index in [4.69, 9.17) is 0 Å². The van der Waals surface area contributed by atoms with E-state index in [-0.39, 0.29) is 6.33 Å². The second kappa shape index (κ2) is 5.26. The van der Waals surface area contributed by atoms with Crippen LogP contribution in [0.3, 0.4) is 0 Å². The highest BCUT2D eigenvalue weighted by Gasteiger charge is 2.16. The normalized spacial score (nSPS) is 17.6. The van der Waals surface area contributed by atoms with Crippen LogP contribution in [-0.2, 0) is 0 Å². The lowest BCUT2D eigenvalue weighted by Crippen LogP contribution is -2.14. The molecule has 2 unspecified atom stereocenters. The van der Waals surface area contributed by atoms with E-state index < -0.39 is 25.4 Å². The molecule has 0 N–H and O–H groups in total. The van der Waals surface area contributed by atoms with Crippen LogP contribution >= 0.6 is 0 Å². The van der Waals surface area contributed by atoms with Crippen LogP contribution in [0.2, 0.25) is 0 Å². The number of alkyl halides is 3. The molecule has 0 aliphatic carbocycles. The molecule has 60 valence electrons. The quantitative estimate of drug-likeness (QED) is 0.548. The Hall–Kier alpha value is -0.540. The van der Waals surface area contributed by atoms with Gasteiger partial charge in [0.2, 0.25) is 0 Å². The number of halogens is 4. The molecule has 0 saturated heterocycles. The molecule has 10 heavy (non-hydrogen) atoms. The molecule has 2 atom stereocenters. The highest BCUT2D eigenvalue weighted by Crippen LogP contribution is 2.09. The van der Waals surface area contributed by atoms with E-state index in [2.05, 4.69) is 0 Å². The van der Waals surface area contributed by atoms with Gasteiger partial charge in [0, 0.05) is 6.42 Å². The van der Waals surface area contributed by atoms with Crippen LogP contribution in [0.15, 0.2) is 12.4 Å². The van der Waals surface area contributed by atoms with Crippen molar-refractivity contribution in [3.8, 4) is 0 Å². The third kappa shape index (κ3) is 3.48. The largest absolute Gasteiger partial charge is 0.251 e. The summed E-state index contributed by atoms with van der Waals surface area (Å²) in [6.07, 6.45) is -4.15. The predicted molar refractivity (Wildman–Crippen MR) is 30.6 cm³/mol. The second-order valence-electron chi connectivity index (χ2n) is 1.76. The van der Waals surface area contributed by atoms with E-state index in [0.717, 1.165) is 0 Å². The van der Waals surface area contributed by atoms with E-state index in [0.29, 0.717) is 6.08 Å². The van der Waals surface area contributed by atoms with Crippen LogP contribution < -0.4 is 0 Å². The van der Waals surface area contributed by atoms with Gasteiger partial charge in [-0.05, 0) is 6.08 Å². The van der Waals surface area contributed by atoms with Crippen molar-refractivity contribution in [2.45, 2.75) is 18.8 Å². The first-order valence-corrected chi connectivity index (χ1v) is 2.83. The Morgan fingerprint density at radius 3 is 2.30 bits per heavy atom. The lowest BCUT2D eigenvalue weighted by molar-refractivity contribution is 0.181. The summed E-state index contributed by atoms with van der Waals surface area (Å²) in [5.74, 6) is 0. The van der Waals surface area contributed by atoms with Gasteiger partial charge in [0.1, 0.15) is 6.17 Å². The Bertz CT molecular complexity index is 102. The first-order chi connectivity index (χ1) is 4.72. The second-order valence-corrected chi connectivity index (χ2v) is 1.76. The third-order valence-electron chi connectivity index (χ3n) is 0.987. The topological polar surface area (TPSA) is 0 Å². The summed E-state index contributed by atoms with van der Waals surface area (Å²) >= 11 is 0. The van der Waals surface area contributed by atoms with Crippen molar-refractivity contribution in [1.29, 1.82) is 0 Å². The molecule has 0 aliphatic heterocycles. The molecule has 0 aromatic heterocycles. The molecule has 4 heteroatoms. The summed E-state index contributed by atoms with van der Waals surface area (Å²) in [4.78, 5) is 0. The van der Waals surface area contributed by atoms with Gasteiger partial charge in [-0.15, -0.1) is 0 Å². The van der Waals surface area contributed by atoms with E-state index in [1.54, 1.807) is 0 Å². The molecule has 0 bridgehead atoms. The molecule has 0 saturated carbocycles. The van der Waals surface area contributed by atoms with Gasteiger partial charge in [-0.3, -0.25) is 4.39 Å². The molecule has 0 spiro atoms. The first kappa shape index (κ1) is 9.46. The summed E-state index contributed by atoms with van der Waals surface area (Å²) in [5, 5.41) is 0. The maximum atomic E-state index is 12.2. The monoisotopic (exact) mass is 156 g/mol. The molecule has 0 aromatic carbocycles. The third-order valence-corrected chi connectivity index (χ3v) is 0.987. The van der Waals surface area contributed by atoms with Gasteiger partial charge < -0.3 is 0 Å². The summed E-state index contributed by atoms with van der Waals surface area (Å²) in [6.45, 7) is -0.929. The number of rotatable bonds is 4. The van der Waals surface area contributed by atoms with E-state index >= 15 is 0 Å². The minimum absolute atomic E-state index is 0.0878. The van der Waals surface area contributed by atoms with Crippen molar-refractivity contribution in [2.75, 3.05) is 6.67 Å². The average molecular weight is 156 g/mol. The van der Waals surface area contributed by atoms with Gasteiger partial charge in [-0.2, -0.15) is 0 Å². The molecular formula is C6H8F4. The fraction of sp³-hybridized carbons (Fsp3) is 0.667. The Balaban J connectivity index is 3.58. The lowest BCUT2D eigenvalue weighted by atomic mass is 10.2. The van der Waals surface area contributed by atoms with Crippen LogP contribution in [-0.4, -0.2) is 19.0 Å². The Morgan fingerprint density at radius 2 is 1.90 bits per heavy atom. The number of hydrogen-bond donors (Lipinski definition) is 0. The molecule has 0 heterocycles. The maximum Gasteiger partial charge on any atom is 0.152 e. The Morgan fingerprint density at radius 1 is 1.30 bits per heavy atom. The van der Waals surface area contributed by atoms with Crippen LogP contribution in [0.4, 0.5) is 17.6 Å². The molecule has 0 aromatic rings. The van der Waals surface area contributed by atoms with Crippen LogP contribution in [0.1, 0.15) is 6.42 Å². The maximum absolute atomic E-state index is 12.2. The number of allylic oxidation sites excluding steroid dienone is 1. The van der Waals surface area contributed by atoms with Crippen LogP contribution in [0, 0.1) is 0 Å². The predicted octanol–water partition coefficient (Wildman–Crippen LogP) is 2.51. The van der Waals surface area contributed by atoms with Gasteiger partial charge in [-0.25, -0.2) is 13.2 Å².